The van der Waals surface area contributed by atoms with Crippen molar-refractivity contribution in [3.63, 3.8) is 0 Å². The molecule has 0 aliphatic carbocycles. The first-order valence-electron chi connectivity index (χ1n) is 9.64. The van der Waals surface area contributed by atoms with Crippen LogP contribution in [0, 0.1) is 12.7 Å². The number of hydrogen-bond acceptors (Lipinski definition) is 5. The highest BCUT2D eigenvalue weighted by atomic mass is 35.5. The number of hydrogen-bond donors (Lipinski definition) is 3. The zero-order chi connectivity index (χ0) is 21.9. The van der Waals surface area contributed by atoms with E-state index in [0.717, 1.165) is 16.3 Å². The zero-order valence-corrected chi connectivity index (χ0v) is 19.2. The molecule has 0 aliphatic rings. The zero-order valence-electron chi connectivity index (χ0n) is 17.6. The first-order chi connectivity index (χ1) is 14.1. The predicted molar refractivity (Wildman–Crippen MR) is 122 cm³/mol. The summed E-state index contributed by atoms with van der Waals surface area (Å²) < 4.78 is 41.3. The van der Waals surface area contributed by atoms with Crippen LogP contribution in [-0.2, 0) is 15.6 Å². The van der Waals surface area contributed by atoms with E-state index in [9.17, 15) is 17.9 Å². The number of fused-ring (bicyclic) bond motifs is 1. The van der Waals surface area contributed by atoms with Gasteiger partial charge in [0.1, 0.15) is 5.82 Å². The van der Waals surface area contributed by atoms with Crippen LogP contribution in [0.4, 0.5) is 4.39 Å². The van der Waals surface area contributed by atoms with E-state index < -0.39 is 21.7 Å². The molecule has 3 rings (SSSR count). The summed E-state index contributed by atoms with van der Waals surface area (Å²) in [5, 5.41) is 15.4. The van der Waals surface area contributed by atoms with Crippen molar-refractivity contribution < 1.29 is 17.9 Å². The van der Waals surface area contributed by atoms with Crippen molar-refractivity contribution >= 4 is 33.2 Å². The van der Waals surface area contributed by atoms with Gasteiger partial charge in [-0.1, -0.05) is 18.2 Å². The van der Waals surface area contributed by atoms with Crippen molar-refractivity contribution in [3.8, 4) is 0 Å². The number of sulfonamides is 1. The van der Waals surface area contributed by atoms with Crippen molar-refractivity contribution in [2.24, 2.45) is 0 Å². The molecule has 1 aromatic heterocycles. The second-order valence-corrected chi connectivity index (χ2v) is 9.49. The van der Waals surface area contributed by atoms with E-state index in [1.165, 1.54) is 24.3 Å². The summed E-state index contributed by atoms with van der Waals surface area (Å²) in [6.07, 6.45) is 3.40. The third kappa shape index (κ3) is 6.21. The quantitative estimate of drug-likeness (QED) is 0.473. The van der Waals surface area contributed by atoms with E-state index in [4.69, 9.17) is 0 Å². The molecule has 3 N–H and O–H groups in total. The molecule has 0 amide bonds. The summed E-state index contributed by atoms with van der Waals surface area (Å²) in [5.41, 5.74) is 0.267. The summed E-state index contributed by atoms with van der Waals surface area (Å²) in [6.45, 7) is 5.75. The van der Waals surface area contributed by atoms with Gasteiger partial charge in [-0.15, -0.1) is 12.4 Å². The van der Waals surface area contributed by atoms with Crippen LogP contribution in [0.1, 0.15) is 25.0 Å². The number of aliphatic hydroxyl groups is 1. The molecule has 0 saturated carbocycles. The van der Waals surface area contributed by atoms with Crippen LogP contribution in [0.2, 0.25) is 0 Å². The summed E-state index contributed by atoms with van der Waals surface area (Å²) in [5.74, 6) is -0.370. The Morgan fingerprint density at radius 2 is 1.84 bits per heavy atom. The highest BCUT2D eigenvalue weighted by Gasteiger charge is 2.24. The van der Waals surface area contributed by atoms with Crippen LogP contribution < -0.4 is 10.0 Å². The second-order valence-electron chi connectivity index (χ2n) is 7.77. The van der Waals surface area contributed by atoms with Crippen molar-refractivity contribution in [2.75, 3.05) is 13.1 Å². The van der Waals surface area contributed by atoms with Crippen molar-refractivity contribution in [1.82, 2.24) is 15.0 Å². The predicted octanol–water partition coefficient (Wildman–Crippen LogP) is 3.27. The fraction of sp³-hybridized carbons (Fsp3) is 0.318. The summed E-state index contributed by atoms with van der Waals surface area (Å²) in [6, 6.07) is 10.2. The summed E-state index contributed by atoms with van der Waals surface area (Å²) in [7, 11) is -3.71. The van der Waals surface area contributed by atoms with Crippen LogP contribution >= 0.6 is 12.4 Å². The molecule has 0 saturated heterocycles. The van der Waals surface area contributed by atoms with Gasteiger partial charge in [0, 0.05) is 36.9 Å². The third-order valence-corrected chi connectivity index (χ3v) is 6.57. The Kier molecular flexibility index (Phi) is 8.13. The largest absolute Gasteiger partial charge is 0.384 e. The van der Waals surface area contributed by atoms with Gasteiger partial charge in [-0.2, -0.15) is 0 Å². The maximum absolute atomic E-state index is 13.1. The Morgan fingerprint density at radius 3 is 2.52 bits per heavy atom. The molecule has 0 aliphatic heterocycles. The van der Waals surface area contributed by atoms with E-state index >= 15 is 0 Å². The maximum atomic E-state index is 13.1. The van der Waals surface area contributed by atoms with Gasteiger partial charge in [0.15, 0.2) is 0 Å². The number of aryl methyl sites for hydroxylation is 1. The minimum absolute atomic E-state index is 0. The van der Waals surface area contributed by atoms with Crippen LogP contribution in [0.3, 0.4) is 0 Å². The number of nitrogens with one attached hydrogen (secondary N) is 2. The lowest BCUT2D eigenvalue weighted by Gasteiger charge is -2.25. The first-order valence-corrected chi connectivity index (χ1v) is 11.1. The van der Waals surface area contributed by atoms with Crippen molar-refractivity contribution in [2.45, 2.75) is 37.3 Å². The second kappa shape index (κ2) is 10.0. The van der Waals surface area contributed by atoms with Gasteiger partial charge in [0.05, 0.1) is 10.5 Å². The fourth-order valence-electron chi connectivity index (χ4n) is 3.27. The highest BCUT2D eigenvalue weighted by molar-refractivity contribution is 7.89. The number of halogens is 2. The molecule has 2 aromatic carbocycles. The monoisotopic (exact) mass is 467 g/mol. The number of nitrogens with zero attached hydrogens (tertiary/aromatic N) is 1. The topological polar surface area (TPSA) is 91.3 Å². The van der Waals surface area contributed by atoms with Gasteiger partial charge < -0.3 is 10.4 Å². The minimum Gasteiger partial charge on any atom is -0.384 e. The Balaban J connectivity index is 0.00000341. The molecule has 0 radical (unpaired) electrons. The van der Waals surface area contributed by atoms with Gasteiger partial charge >= 0.3 is 0 Å². The molecule has 0 bridgehead atoms. The van der Waals surface area contributed by atoms with Crippen molar-refractivity contribution in [3.05, 3.63) is 71.8 Å². The minimum atomic E-state index is -3.71. The Morgan fingerprint density at radius 1 is 1.16 bits per heavy atom. The van der Waals surface area contributed by atoms with Crippen LogP contribution in [0.5, 0.6) is 0 Å². The molecule has 2 atom stereocenters. The molecule has 6 nitrogen and oxygen atoms in total. The molecule has 3 aromatic rings. The Hall–Kier alpha value is -2.10. The molecular formula is C22H27ClFN3O3S. The van der Waals surface area contributed by atoms with Gasteiger partial charge in [-0.05, 0) is 61.5 Å². The summed E-state index contributed by atoms with van der Waals surface area (Å²) in [4.78, 5) is 4.31. The molecule has 1 heterocycles. The number of aromatic nitrogens is 1. The normalized spacial score (nSPS) is 14.6. The van der Waals surface area contributed by atoms with E-state index in [0.29, 0.717) is 12.1 Å². The Labute approximate surface area is 188 Å². The molecule has 9 heteroatoms. The molecular weight excluding hydrogens is 441 g/mol. The number of pyridine rings is 1. The summed E-state index contributed by atoms with van der Waals surface area (Å²) >= 11 is 0. The smallest absolute Gasteiger partial charge is 0.240 e. The van der Waals surface area contributed by atoms with Crippen LogP contribution in [0.25, 0.3) is 10.8 Å². The van der Waals surface area contributed by atoms with Gasteiger partial charge in [-0.25, -0.2) is 17.5 Å². The number of rotatable bonds is 8. The highest BCUT2D eigenvalue weighted by Crippen LogP contribution is 2.22. The Bertz CT molecular complexity index is 1140. The molecule has 0 fully saturated rings. The average molecular weight is 468 g/mol. The molecule has 168 valence electrons. The lowest BCUT2D eigenvalue weighted by Crippen LogP contribution is -2.44. The third-order valence-electron chi connectivity index (χ3n) is 4.98. The number of benzene rings is 2. The van der Waals surface area contributed by atoms with E-state index in [1.54, 1.807) is 44.4 Å². The standard InChI is InChI=1S/C22H26FN3O3S.ClH/c1-15-11-24-13-17-4-9-20(10-21(15)17)30(28,29)26-16(2)12-25-14-22(3,27)18-5-7-19(23)8-6-18;/h4-11,13,16,25-27H,12,14H2,1-3H3;1H/t16-,22?;/m1./s1. The van der Waals surface area contributed by atoms with Gasteiger partial charge in [0.2, 0.25) is 10.0 Å². The van der Waals surface area contributed by atoms with E-state index in [-0.39, 0.29) is 29.7 Å². The van der Waals surface area contributed by atoms with Gasteiger partial charge in [-0.3, -0.25) is 4.98 Å². The van der Waals surface area contributed by atoms with Crippen LogP contribution in [-0.4, -0.2) is 37.6 Å². The average Bonchev–Trinajstić information content (AvgIpc) is 2.68. The lowest BCUT2D eigenvalue weighted by molar-refractivity contribution is 0.0568. The van der Waals surface area contributed by atoms with Gasteiger partial charge in [0.25, 0.3) is 0 Å². The lowest BCUT2D eigenvalue weighted by atomic mass is 9.96. The van der Waals surface area contributed by atoms with Crippen LogP contribution in [0.15, 0.2) is 59.8 Å². The van der Waals surface area contributed by atoms with Crippen molar-refractivity contribution in [1.29, 1.82) is 0 Å². The first kappa shape index (κ1) is 25.2. The SMILES string of the molecule is Cc1cncc2ccc(S(=O)(=O)N[C@H](C)CNCC(C)(O)c3ccc(F)cc3)cc12.Cl. The molecule has 1 unspecified atom stereocenters. The van der Waals surface area contributed by atoms with E-state index in [2.05, 4.69) is 15.0 Å². The molecule has 0 spiro atoms. The maximum Gasteiger partial charge on any atom is 0.240 e. The van der Waals surface area contributed by atoms with E-state index in [1.807, 2.05) is 6.92 Å². The fourth-order valence-corrected chi connectivity index (χ4v) is 4.54. The molecule has 31 heavy (non-hydrogen) atoms.